The maximum absolute atomic E-state index is 12.6. The minimum absolute atomic E-state index is 0.0754. The topological polar surface area (TPSA) is 52.6 Å². The first-order valence-corrected chi connectivity index (χ1v) is 8.38. The van der Waals surface area contributed by atoms with Gasteiger partial charge in [0.1, 0.15) is 0 Å². The van der Waals surface area contributed by atoms with Gasteiger partial charge in [0.25, 0.3) is 5.91 Å². The lowest BCUT2D eigenvalue weighted by Gasteiger charge is -2.40. The van der Waals surface area contributed by atoms with E-state index in [4.69, 9.17) is 0 Å². The van der Waals surface area contributed by atoms with Crippen molar-refractivity contribution >= 4 is 5.91 Å². The largest absolute Gasteiger partial charge is 0.379 e. The molecule has 0 bridgehead atoms. The first-order chi connectivity index (χ1) is 10.0. The van der Waals surface area contributed by atoms with Gasteiger partial charge >= 0.3 is 0 Å². The maximum atomic E-state index is 12.6. The monoisotopic (exact) mass is 294 g/mol. The zero-order chi connectivity index (χ0) is 15.3. The Labute approximate surface area is 128 Å². The average Bonchev–Trinajstić information content (AvgIpc) is 2.45. The molecule has 0 aromatic heterocycles. The molecule has 1 saturated heterocycles. The Morgan fingerprint density at radius 1 is 1.38 bits per heavy atom. The highest BCUT2D eigenvalue weighted by atomic mass is 16.3. The van der Waals surface area contributed by atoms with Crippen LogP contribution in [-0.4, -0.2) is 47.7 Å². The number of hydrogen-bond donors (Lipinski definition) is 2. The second-order valence-corrected chi connectivity index (χ2v) is 6.95. The van der Waals surface area contributed by atoms with Crippen molar-refractivity contribution in [3.8, 4) is 0 Å². The van der Waals surface area contributed by atoms with Crippen LogP contribution in [0.4, 0.5) is 0 Å². The van der Waals surface area contributed by atoms with Gasteiger partial charge in [-0.25, -0.2) is 0 Å². The van der Waals surface area contributed by atoms with Crippen LogP contribution >= 0.6 is 0 Å². The lowest BCUT2D eigenvalue weighted by atomic mass is 9.86. The zero-order valence-corrected chi connectivity index (χ0v) is 13.4. The predicted octanol–water partition coefficient (Wildman–Crippen LogP) is 2.09. The van der Waals surface area contributed by atoms with Gasteiger partial charge in [-0.15, -0.1) is 0 Å². The average molecular weight is 294 g/mol. The van der Waals surface area contributed by atoms with E-state index in [0.717, 1.165) is 25.1 Å². The Morgan fingerprint density at radius 3 is 2.76 bits per heavy atom. The van der Waals surface area contributed by atoms with E-state index in [9.17, 15) is 9.90 Å². The minimum Gasteiger partial charge on any atom is -0.379 e. The lowest BCUT2D eigenvalue weighted by Crippen LogP contribution is -2.58. The van der Waals surface area contributed by atoms with Gasteiger partial charge in [-0.2, -0.15) is 0 Å². The van der Waals surface area contributed by atoms with Crippen molar-refractivity contribution in [2.75, 3.05) is 26.2 Å². The molecule has 0 spiro atoms. The minimum atomic E-state index is -1.22. The smallest absolute Gasteiger partial charge is 0.255 e. The van der Waals surface area contributed by atoms with Crippen molar-refractivity contribution in [2.24, 2.45) is 5.92 Å². The number of likely N-dealkylation sites (tertiary alicyclic amines) is 1. The fourth-order valence-corrected chi connectivity index (χ4v) is 3.57. The first-order valence-electron chi connectivity index (χ1n) is 8.38. The van der Waals surface area contributed by atoms with E-state index in [2.05, 4.69) is 11.9 Å². The van der Waals surface area contributed by atoms with Gasteiger partial charge in [0, 0.05) is 26.2 Å². The third kappa shape index (κ3) is 4.55. The molecule has 1 aliphatic heterocycles. The first kappa shape index (κ1) is 16.5. The standard InChI is InChI=1S/C17H30N2O2/c1-14(2)11-18-13-17(21)9-6-10-19(16(17)20)12-15-7-4-3-5-8-15/h15,18,21H,1,3-13H2,2H3. The molecule has 1 atom stereocenters. The van der Waals surface area contributed by atoms with Crippen LogP contribution in [0.25, 0.3) is 0 Å². The summed E-state index contributed by atoms with van der Waals surface area (Å²) in [6.07, 6.45) is 7.83. The molecule has 2 rings (SSSR count). The second kappa shape index (κ2) is 7.41. The summed E-state index contributed by atoms with van der Waals surface area (Å²) in [6.45, 7) is 8.39. The van der Waals surface area contributed by atoms with Crippen molar-refractivity contribution in [3.63, 3.8) is 0 Å². The summed E-state index contributed by atoms with van der Waals surface area (Å²) < 4.78 is 0. The van der Waals surface area contributed by atoms with Crippen molar-refractivity contribution in [2.45, 2.75) is 57.5 Å². The Hall–Kier alpha value is -0.870. The molecule has 21 heavy (non-hydrogen) atoms. The highest BCUT2D eigenvalue weighted by molar-refractivity contribution is 5.86. The third-order valence-corrected chi connectivity index (χ3v) is 4.75. The molecule has 2 aliphatic rings. The predicted molar refractivity (Wildman–Crippen MR) is 85.0 cm³/mol. The highest BCUT2D eigenvalue weighted by Gasteiger charge is 2.42. The molecule has 1 saturated carbocycles. The molecule has 1 heterocycles. The SMILES string of the molecule is C=C(C)CNCC1(O)CCCN(CC2CCCCC2)C1=O. The van der Waals surface area contributed by atoms with Crippen LogP contribution in [0.1, 0.15) is 51.9 Å². The molecule has 4 nitrogen and oxygen atoms in total. The highest BCUT2D eigenvalue weighted by Crippen LogP contribution is 2.28. The molecule has 4 heteroatoms. The van der Waals surface area contributed by atoms with Crippen LogP contribution in [-0.2, 0) is 4.79 Å². The van der Waals surface area contributed by atoms with Crippen molar-refractivity contribution in [3.05, 3.63) is 12.2 Å². The van der Waals surface area contributed by atoms with E-state index in [1.165, 1.54) is 32.1 Å². The van der Waals surface area contributed by atoms with Gasteiger partial charge in [-0.1, -0.05) is 31.4 Å². The van der Waals surface area contributed by atoms with Crippen LogP contribution in [0, 0.1) is 5.92 Å². The molecule has 1 aliphatic carbocycles. The normalized spacial score (nSPS) is 27.9. The molecular weight excluding hydrogens is 264 g/mol. The van der Waals surface area contributed by atoms with Gasteiger partial charge in [0.15, 0.2) is 5.60 Å². The van der Waals surface area contributed by atoms with Crippen molar-refractivity contribution < 1.29 is 9.90 Å². The van der Waals surface area contributed by atoms with Crippen LogP contribution in [0.3, 0.4) is 0 Å². The van der Waals surface area contributed by atoms with E-state index < -0.39 is 5.60 Å². The third-order valence-electron chi connectivity index (χ3n) is 4.75. The molecular formula is C17H30N2O2. The summed E-state index contributed by atoms with van der Waals surface area (Å²) in [4.78, 5) is 14.5. The number of aliphatic hydroxyl groups is 1. The van der Waals surface area contributed by atoms with Gasteiger partial charge in [0.2, 0.25) is 0 Å². The number of rotatable bonds is 6. The van der Waals surface area contributed by atoms with Crippen molar-refractivity contribution in [1.82, 2.24) is 10.2 Å². The summed E-state index contributed by atoms with van der Waals surface area (Å²) in [5, 5.41) is 13.8. The summed E-state index contributed by atoms with van der Waals surface area (Å²) in [5.41, 5.74) is -0.205. The van der Waals surface area contributed by atoms with E-state index >= 15 is 0 Å². The molecule has 1 amide bonds. The number of hydrogen-bond acceptors (Lipinski definition) is 3. The number of nitrogens with one attached hydrogen (secondary N) is 1. The summed E-state index contributed by atoms with van der Waals surface area (Å²) >= 11 is 0. The molecule has 2 N–H and O–H groups in total. The Kier molecular flexibility index (Phi) is 5.82. The number of carbonyl (C=O) groups is 1. The van der Waals surface area contributed by atoms with Crippen LogP contribution < -0.4 is 5.32 Å². The fourth-order valence-electron chi connectivity index (χ4n) is 3.57. The number of carbonyl (C=O) groups excluding carboxylic acids is 1. The molecule has 1 unspecified atom stereocenters. The fraction of sp³-hybridized carbons (Fsp3) is 0.824. The number of piperidine rings is 1. The van der Waals surface area contributed by atoms with Gasteiger partial charge < -0.3 is 15.3 Å². The van der Waals surface area contributed by atoms with Crippen LogP contribution in [0.5, 0.6) is 0 Å². The molecule has 2 fully saturated rings. The van der Waals surface area contributed by atoms with Gasteiger partial charge in [0.05, 0.1) is 0 Å². The van der Waals surface area contributed by atoms with Crippen molar-refractivity contribution in [1.29, 1.82) is 0 Å². The van der Waals surface area contributed by atoms with Gasteiger partial charge in [-0.3, -0.25) is 4.79 Å². The summed E-state index contributed by atoms with van der Waals surface area (Å²) in [6, 6.07) is 0. The van der Waals surface area contributed by atoms with E-state index in [1.807, 2.05) is 11.8 Å². The summed E-state index contributed by atoms with van der Waals surface area (Å²) in [5.74, 6) is 0.557. The Balaban J connectivity index is 1.88. The molecule has 0 aromatic carbocycles. The Bertz CT molecular complexity index is 377. The van der Waals surface area contributed by atoms with E-state index in [0.29, 0.717) is 25.4 Å². The second-order valence-electron chi connectivity index (χ2n) is 6.95. The molecule has 0 aromatic rings. The lowest BCUT2D eigenvalue weighted by molar-refractivity contribution is -0.157. The quantitative estimate of drug-likeness (QED) is 0.738. The van der Waals surface area contributed by atoms with Gasteiger partial charge in [-0.05, 0) is 38.5 Å². The molecule has 120 valence electrons. The molecule has 0 radical (unpaired) electrons. The number of nitrogens with zero attached hydrogens (tertiary/aromatic N) is 1. The van der Waals surface area contributed by atoms with Crippen LogP contribution in [0.15, 0.2) is 12.2 Å². The van der Waals surface area contributed by atoms with E-state index in [-0.39, 0.29) is 5.91 Å². The zero-order valence-electron chi connectivity index (χ0n) is 13.4. The van der Waals surface area contributed by atoms with Crippen LogP contribution in [0.2, 0.25) is 0 Å². The Morgan fingerprint density at radius 2 is 2.10 bits per heavy atom. The number of amides is 1. The van der Waals surface area contributed by atoms with E-state index in [1.54, 1.807) is 0 Å². The summed E-state index contributed by atoms with van der Waals surface area (Å²) in [7, 11) is 0. The maximum Gasteiger partial charge on any atom is 0.255 e.